The molecule has 6 heteroatoms. The van der Waals surface area contributed by atoms with Gasteiger partial charge in [0, 0.05) is 16.1 Å². The van der Waals surface area contributed by atoms with Gasteiger partial charge in [-0.25, -0.2) is 0 Å². The maximum Gasteiger partial charge on any atom is 0.312 e. The van der Waals surface area contributed by atoms with E-state index in [0.717, 1.165) is 15.6 Å². The van der Waals surface area contributed by atoms with Gasteiger partial charge in [0.1, 0.15) is 5.75 Å². The Labute approximate surface area is 136 Å². The van der Waals surface area contributed by atoms with Crippen molar-refractivity contribution in [1.29, 1.82) is 0 Å². The van der Waals surface area contributed by atoms with Gasteiger partial charge in [0.15, 0.2) is 0 Å². The van der Waals surface area contributed by atoms with Crippen LogP contribution in [0.1, 0.15) is 16.7 Å². The Balaban J connectivity index is 2.51. The number of nitrogens with zero attached hydrogens (tertiary/aromatic N) is 1. The zero-order valence-corrected chi connectivity index (χ0v) is 13.9. The van der Waals surface area contributed by atoms with E-state index in [0.29, 0.717) is 11.3 Å². The van der Waals surface area contributed by atoms with Gasteiger partial charge < -0.3 is 4.74 Å². The summed E-state index contributed by atoms with van der Waals surface area (Å²) in [6, 6.07) is 8.73. The molecule has 0 unspecified atom stereocenters. The number of nitro benzene ring substituents is 1. The second-order valence-electron chi connectivity index (χ2n) is 4.67. The molecule has 0 N–H and O–H groups in total. The maximum absolute atomic E-state index is 11.2. The number of hydrogen-bond donors (Lipinski definition) is 0. The first-order valence-corrected chi connectivity index (χ1v) is 7.53. The minimum absolute atomic E-state index is 0.0454. The Morgan fingerprint density at radius 3 is 2.62 bits per heavy atom. The molecule has 0 fully saturated rings. The molecule has 0 bridgehead atoms. The molecule has 0 saturated carbocycles. The molecular formula is C15H13BrClNO3. The summed E-state index contributed by atoms with van der Waals surface area (Å²) in [7, 11) is 0. The summed E-state index contributed by atoms with van der Waals surface area (Å²) in [6.07, 6.45) is 0. The normalized spacial score (nSPS) is 10.5. The first-order valence-electron chi connectivity index (χ1n) is 6.20. The first-order chi connectivity index (χ1) is 9.92. The Kier molecular flexibility index (Phi) is 4.85. The van der Waals surface area contributed by atoms with Crippen LogP contribution in [0.4, 0.5) is 5.69 Å². The van der Waals surface area contributed by atoms with Gasteiger partial charge in [0.2, 0.25) is 5.75 Å². The van der Waals surface area contributed by atoms with Gasteiger partial charge in [0.05, 0.1) is 10.8 Å². The number of rotatable bonds is 4. The average Bonchev–Trinajstić information content (AvgIpc) is 2.42. The smallest absolute Gasteiger partial charge is 0.312 e. The lowest BCUT2D eigenvalue weighted by Gasteiger charge is -2.13. The van der Waals surface area contributed by atoms with Gasteiger partial charge in [0.25, 0.3) is 0 Å². The highest BCUT2D eigenvalue weighted by atomic mass is 79.9. The van der Waals surface area contributed by atoms with Crippen LogP contribution in [0.25, 0.3) is 0 Å². The van der Waals surface area contributed by atoms with Crippen molar-refractivity contribution in [3.05, 3.63) is 61.6 Å². The third-order valence-electron chi connectivity index (χ3n) is 2.97. The van der Waals surface area contributed by atoms with Crippen molar-refractivity contribution in [3.8, 4) is 11.5 Å². The van der Waals surface area contributed by atoms with E-state index < -0.39 is 4.92 Å². The van der Waals surface area contributed by atoms with Crippen LogP contribution in [0.5, 0.6) is 11.5 Å². The van der Waals surface area contributed by atoms with Crippen molar-refractivity contribution in [2.24, 2.45) is 0 Å². The fourth-order valence-electron chi connectivity index (χ4n) is 2.06. The largest absolute Gasteiger partial charge is 0.450 e. The molecule has 0 aliphatic rings. The summed E-state index contributed by atoms with van der Waals surface area (Å²) in [4.78, 5) is 10.8. The molecule has 110 valence electrons. The summed E-state index contributed by atoms with van der Waals surface area (Å²) in [5, 5.41) is 11.2. The van der Waals surface area contributed by atoms with Crippen LogP contribution in [0.15, 0.2) is 34.8 Å². The average molecular weight is 371 g/mol. The van der Waals surface area contributed by atoms with E-state index >= 15 is 0 Å². The molecule has 21 heavy (non-hydrogen) atoms. The fraction of sp³-hybridized carbons (Fsp3) is 0.200. The fourth-order valence-corrected chi connectivity index (χ4v) is 2.68. The van der Waals surface area contributed by atoms with Gasteiger partial charge in [-0.2, -0.15) is 0 Å². The van der Waals surface area contributed by atoms with Gasteiger partial charge in [-0.05, 0) is 43.2 Å². The molecule has 4 nitrogen and oxygen atoms in total. The highest BCUT2D eigenvalue weighted by Crippen LogP contribution is 2.37. The minimum Gasteiger partial charge on any atom is -0.450 e. The van der Waals surface area contributed by atoms with Crippen LogP contribution in [0, 0.1) is 24.0 Å². The van der Waals surface area contributed by atoms with Crippen LogP contribution in [0.2, 0.25) is 0 Å². The summed E-state index contributed by atoms with van der Waals surface area (Å²) < 4.78 is 6.66. The lowest BCUT2D eigenvalue weighted by Crippen LogP contribution is -1.98. The maximum atomic E-state index is 11.2. The van der Waals surface area contributed by atoms with E-state index in [1.165, 1.54) is 6.07 Å². The molecule has 0 amide bonds. The molecule has 0 aliphatic carbocycles. The molecule has 2 rings (SSSR count). The van der Waals surface area contributed by atoms with E-state index in [4.69, 9.17) is 16.3 Å². The van der Waals surface area contributed by atoms with Crippen LogP contribution >= 0.6 is 27.5 Å². The van der Waals surface area contributed by atoms with Crippen molar-refractivity contribution in [3.63, 3.8) is 0 Å². The predicted molar refractivity (Wildman–Crippen MR) is 86.3 cm³/mol. The standard InChI is InChI=1S/C15H13BrClNO3/c1-9-5-10(2)15(13(6-9)18(19)20)21-14-4-3-12(16)7-11(14)8-17/h3-7H,8H2,1-2H3. The monoisotopic (exact) mass is 369 g/mol. The number of ether oxygens (including phenoxy) is 1. The first kappa shape index (κ1) is 15.8. The van der Waals surface area contributed by atoms with Gasteiger partial charge in [-0.1, -0.05) is 22.0 Å². The van der Waals surface area contributed by atoms with Crippen LogP contribution in [0.3, 0.4) is 0 Å². The Morgan fingerprint density at radius 1 is 1.29 bits per heavy atom. The number of hydrogen-bond acceptors (Lipinski definition) is 3. The Bertz CT molecular complexity index is 704. The summed E-state index contributed by atoms with van der Waals surface area (Å²) >= 11 is 9.26. The molecule has 2 aromatic carbocycles. The molecule has 0 aromatic heterocycles. The summed E-state index contributed by atoms with van der Waals surface area (Å²) in [5.74, 6) is 1.02. The van der Waals surface area contributed by atoms with Gasteiger partial charge in [-0.15, -0.1) is 11.6 Å². The third-order valence-corrected chi connectivity index (χ3v) is 3.76. The molecule has 0 aliphatic heterocycles. The van der Waals surface area contributed by atoms with Crippen LogP contribution < -0.4 is 4.74 Å². The van der Waals surface area contributed by atoms with E-state index in [9.17, 15) is 10.1 Å². The van der Waals surface area contributed by atoms with Crippen molar-refractivity contribution < 1.29 is 9.66 Å². The Hall–Kier alpha value is -1.59. The van der Waals surface area contributed by atoms with E-state index in [1.807, 2.05) is 19.1 Å². The quantitative estimate of drug-likeness (QED) is 0.405. The van der Waals surface area contributed by atoms with Crippen LogP contribution in [-0.4, -0.2) is 4.92 Å². The highest BCUT2D eigenvalue weighted by molar-refractivity contribution is 9.10. The Morgan fingerprint density at radius 2 is 2.00 bits per heavy atom. The topological polar surface area (TPSA) is 52.4 Å². The van der Waals surface area contributed by atoms with Crippen molar-refractivity contribution >= 4 is 33.2 Å². The third kappa shape index (κ3) is 3.54. The lowest BCUT2D eigenvalue weighted by molar-refractivity contribution is -0.385. The second-order valence-corrected chi connectivity index (χ2v) is 5.86. The number of benzene rings is 2. The number of nitro groups is 1. The van der Waals surface area contributed by atoms with Gasteiger partial charge >= 0.3 is 5.69 Å². The zero-order chi connectivity index (χ0) is 15.6. The predicted octanol–water partition coefficient (Wildman–Crippen LogP) is 5.51. The number of halogens is 2. The molecule has 0 heterocycles. The van der Waals surface area contributed by atoms with E-state index in [2.05, 4.69) is 15.9 Å². The SMILES string of the molecule is Cc1cc(C)c(Oc2ccc(Br)cc2CCl)c([N+](=O)[O-])c1. The number of aryl methyl sites for hydroxylation is 2. The van der Waals surface area contributed by atoms with Crippen molar-refractivity contribution in [2.75, 3.05) is 0 Å². The summed E-state index contributed by atoms with van der Waals surface area (Å²) in [5.41, 5.74) is 2.25. The molecule has 0 spiro atoms. The molecule has 0 radical (unpaired) electrons. The van der Waals surface area contributed by atoms with Crippen molar-refractivity contribution in [2.45, 2.75) is 19.7 Å². The molecule has 2 aromatic rings. The number of alkyl halides is 1. The summed E-state index contributed by atoms with van der Waals surface area (Å²) in [6.45, 7) is 3.60. The highest BCUT2D eigenvalue weighted by Gasteiger charge is 2.20. The molecule has 0 saturated heterocycles. The van der Waals surface area contributed by atoms with Crippen molar-refractivity contribution in [1.82, 2.24) is 0 Å². The molecular weight excluding hydrogens is 358 g/mol. The minimum atomic E-state index is -0.436. The van der Waals surface area contributed by atoms with Gasteiger partial charge in [-0.3, -0.25) is 10.1 Å². The second kappa shape index (κ2) is 6.45. The van der Waals surface area contributed by atoms with E-state index in [-0.39, 0.29) is 17.3 Å². The molecule has 0 atom stereocenters. The van der Waals surface area contributed by atoms with E-state index in [1.54, 1.807) is 19.1 Å². The zero-order valence-electron chi connectivity index (χ0n) is 11.5. The lowest BCUT2D eigenvalue weighted by atomic mass is 10.1. The van der Waals surface area contributed by atoms with Crippen LogP contribution in [-0.2, 0) is 5.88 Å².